The smallest absolute Gasteiger partial charge is 0.251 e. The number of benzene rings is 1. The summed E-state index contributed by atoms with van der Waals surface area (Å²) in [6.45, 7) is 3.54. The zero-order valence-electron chi connectivity index (χ0n) is 12.4. The van der Waals surface area contributed by atoms with Crippen LogP contribution in [0.5, 0.6) is 0 Å². The third-order valence-electron chi connectivity index (χ3n) is 3.06. The lowest BCUT2D eigenvalue weighted by Crippen LogP contribution is -2.37. The van der Waals surface area contributed by atoms with Crippen LogP contribution in [0.2, 0.25) is 5.02 Å². The maximum absolute atomic E-state index is 11.9. The Morgan fingerprint density at radius 2 is 2.05 bits per heavy atom. The van der Waals surface area contributed by atoms with Crippen LogP contribution in [0.3, 0.4) is 0 Å². The van der Waals surface area contributed by atoms with Crippen LogP contribution in [0.4, 0.5) is 0 Å². The van der Waals surface area contributed by atoms with Crippen LogP contribution in [0, 0.1) is 6.92 Å². The molecule has 2 amide bonds. The van der Waals surface area contributed by atoms with Gasteiger partial charge in [-0.2, -0.15) is 0 Å². The van der Waals surface area contributed by atoms with Crippen molar-refractivity contribution in [2.24, 2.45) is 0 Å². The topological polar surface area (TPSA) is 71.3 Å². The van der Waals surface area contributed by atoms with Gasteiger partial charge in [-0.25, -0.2) is 0 Å². The van der Waals surface area contributed by atoms with Crippen LogP contribution in [0.1, 0.15) is 34.8 Å². The summed E-state index contributed by atoms with van der Waals surface area (Å²) >= 11 is 5.82. The summed E-state index contributed by atoms with van der Waals surface area (Å²) in [5.74, 6) is 0.813. The number of hydrogen-bond acceptors (Lipinski definition) is 3. The first-order valence-corrected chi connectivity index (χ1v) is 7.23. The molecule has 1 heterocycles. The summed E-state index contributed by atoms with van der Waals surface area (Å²) in [6.07, 6.45) is 0. The van der Waals surface area contributed by atoms with Gasteiger partial charge in [0.15, 0.2) is 0 Å². The minimum atomic E-state index is -0.348. The molecule has 1 atom stereocenters. The van der Waals surface area contributed by atoms with Crippen LogP contribution in [0.15, 0.2) is 40.8 Å². The van der Waals surface area contributed by atoms with Gasteiger partial charge in [-0.1, -0.05) is 17.7 Å². The first kappa shape index (κ1) is 16.1. The van der Waals surface area contributed by atoms with Gasteiger partial charge in [0, 0.05) is 10.6 Å². The lowest BCUT2D eigenvalue weighted by molar-refractivity contribution is -0.120. The summed E-state index contributed by atoms with van der Waals surface area (Å²) < 4.78 is 5.44. The molecule has 2 aromatic rings. The van der Waals surface area contributed by atoms with Crippen LogP contribution >= 0.6 is 11.6 Å². The standard InChI is InChI=1S/C16H17ClN2O3/c1-10-6-7-14(22-10)11(2)19-15(20)9-18-16(21)12-4-3-5-13(17)8-12/h3-8,11H,9H2,1-2H3,(H,18,21)(H,19,20). The molecular formula is C16H17ClN2O3. The van der Waals surface area contributed by atoms with Gasteiger partial charge in [-0.05, 0) is 44.2 Å². The highest BCUT2D eigenvalue weighted by molar-refractivity contribution is 6.30. The molecule has 0 aliphatic heterocycles. The molecule has 0 saturated heterocycles. The average molecular weight is 321 g/mol. The molecule has 0 saturated carbocycles. The van der Waals surface area contributed by atoms with Crippen molar-refractivity contribution in [1.29, 1.82) is 0 Å². The second kappa shape index (κ2) is 7.13. The molecule has 0 bridgehead atoms. The minimum absolute atomic E-state index is 0.116. The van der Waals surface area contributed by atoms with Crippen LogP contribution < -0.4 is 10.6 Å². The monoisotopic (exact) mass is 320 g/mol. The SMILES string of the molecule is Cc1ccc(C(C)NC(=O)CNC(=O)c2cccc(Cl)c2)o1. The number of furan rings is 1. The number of nitrogens with one attached hydrogen (secondary N) is 2. The maximum Gasteiger partial charge on any atom is 0.251 e. The molecule has 0 aliphatic rings. The molecular weight excluding hydrogens is 304 g/mol. The van der Waals surface area contributed by atoms with Crippen molar-refractivity contribution in [3.05, 3.63) is 58.5 Å². The molecule has 0 spiro atoms. The number of carbonyl (C=O) groups is 2. The number of aryl methyl sites for hydroxylation is 1. The van der Waals surface area contributed by atoms with Gasteiger partial charge in [-0.15, -0.1) is 0 Å². The fourth-order valence-electron chi connectivity index (χ4n) is 1.94. The minimum Gasteiger partial charge on any atom is -0.464 e. The molecule has 0 aliphatic carbocycles. The van der Waals surface area contributed by atoms with E-state index < -0.39 is 0 Å². The molecule has 5 nitrogen and oxygen atoms in total. The second-order valence-electron chi connectivity index (χ2n) is 4.93. The Morgan fingerprint density at radius 3 is 2.68 bits per heavy atom. The van der Waals surface area contributed by atoms with E-state index in [9.17, 15) is 9.59 Å². The van der Waals surface area contributed by atoms with E-state index in [0.717, 1.165) is 5.76 Å². The molecule has 2 N–H and O–H groups in total. The van der Waals surface area contributed by atoms with Crippen molar-refractivity contribution in [3.8, 4) is 0 Å². The number of hydrogen-bond donors (Lipinski definition) is 2. The predicted octanol–water partition coefficient (Wildman–Crippen LogP) is 2.85. The van der Waals surface area contributed by atoms with Gasteiger partial charge in [0.05, 0.1) is 12.6 Å². The molecule has 1 unspecified atom stereocenters. The molecule has 0 fully saturated rings. The van der Waals surface area contributed by atoms with E-state index in [1.165, 1.54) is 0 Å². The normalized spacial score (nSPS) is 11.8. The Labute approximate surface area is 133 Å². The average Bonchev–Trinajstić information content (AvgIpc) is 2.91. The van der Waals surface area contributed by atoms with E-state index >= 15 is 0 Å². The van der Waals surface area contributed by atoms with Gasteiger partial charge < -0.3 is 15.1 Å². The molecule has 1 aromatic heterocycles. The van der Waals surface area contributed by atoms with Gasteiger partial charge >= 0.3 is 0 Å². The Kier molecular flexibility index (Phi) is 5.22. The van der Waals surface area contributed by atoms with E-state index in [-0.39, 0.29) is 24.4 Å². The fraction of sp³-hybridized carbons (Fsp3) is 0.250. The quantitative estimate of drug-likeness (QED) is 0.890. The van der Waals surface area contributed by atoms with E-state index in [1.54, 1.807) is 24.3 Å². The predicted molar refractivity (Wildman–Crippen MR) is 83.8 cm³/mol. The summed E-state index contributed by atoms with van der Waals surface area (Å²) in [5.41, 5.74) is 0.412. The van der Waals surface area contributed by atoms with Crippen molar-refractivity contribution >= 4 is 23.4 Å². The Hall–Kier alpha value is -2.27. The van der Waals surface area contributed by atoms with Gasteiger partial charge in [-0.3, -0.25) is 9.59 Å². The molecule has 0 radical (unpaired) electrons. The van der Waals surface area contributed by atoms with E-state index in [2.05, 4.69) is 10.6 Å². The Balaban J connectivity index is 1.83. The van der Waals surface area contributed by atoms with E-state index in [0.29, 0.717) is 16.3 Å². The summed E-state index contributed by atoms with van der Waals surface area (Å²) in [7, 11) is 0. The van der Waals surface area contributed by atoms with Crippen molar-refractivity contribution < 1.29 is 14.0 Å². The Morgan fingerprint density at radius 1 is 1.27 bits per heavy atom. The van der Waals surface area contributed by atoms with Crippen molar-refractivity contribution in [1.82, 2.24) is 10.6 Å². The third kappa shape index (κ3) is 4.36. The highest BCUT2D eigenvalue weighted by Gasteiger charge is 2.14. The van der Waals surface area contributed by atoms with Crippen LogP contribution in [-0.2, 0) is 4.79 Å². The maximum atomic E-state index is 11.9. The number of amides is 2. The summed E-state index contributed by atoms with van der Waals surface area (Å²) in [4.78, 5) is 23.7. The highest BCUT2D eigenvalue weighted by atomic mass is 35.5. The number of halogens is 1. The largest absolute Gasteiger partial charge is 0.464 e. The van der Waals surface area contributed by atoms with Gasteiger partial charge in [0.2, 0.25) is 5.91 Å². The van der Waals surface area contributed by atoms with Crippen LogP contribution in [0.25, 0.3) is 0 Å². The molecule has 6 heteroatoms. The van der Waals surface area contributed by atoms with Crippen molar-refractivity contribution in [2.75, 3.05) is 6.54 Å². The summed E-state index contributed by atoms with van der Waals surface area (Å²) in [6, 6.07) is 9.92. The highest BCUT2D eigenvalue weighted by Crippen LogP contribution is 2.15. The number of rotatable bonds is 5. The number of carbonyl (C=O) groups excluding carboxylic acids is 2. The lowest BCUT2D eigenvalue weighted by atomic mass is 10.2. The second-order valence-corrected chi connectivity index (χ2v) is 5.37. The first-order chi connectivity index (χ1) is 10.5. The lowest BCUT2D eigenvalue weighted by Gasteiger charge is -2.12. The van der Waals surface area contributed by atoms with Gasteiger partial charge in [0.1, 0.15) is 11.5 Å². The van der Waals surface area contributed by atoms with Crippen molar-refractivity contribution in [2.45, 2.75) is 19.9 Å². The molecule has 22 heavy (non-hydrogen) atoms. The third-order valence-corrected chi connectivity index (χ3v) is 3.30. The van der Waals surface area contributed by atoms with Crippen molar-refractivity contribution in [3.63, 3.8) is 0 Å². The first-order valence-electron chi connectivity index (χ1n) is 6.85. The van der Waals surface area contributed by atoms with Crippen LogP contribution in [-0.4, -0.2) is 18.4 Å². The molecule has 2 rings (SSSR count). The molecule has 1 aromatic carbocycles. The Bertz CT molecular complexity index is 682. The van der Waals surface area contributed by atoms with E-state index in [4.69, 9.17) is 16.0 Å². The summed E-state index contributed by atoms with van der Waals surface area (Å²) in [5, 5.41) is 5.77. The zero-order chi connectivity index (χ0) is 16.1. The van der Waals surface area contributed by atoms with E-state index in [1.807, 2.05) is 26.0 Å². The fourth-order valence-corrected chi connectivity index (χ4v) is 2.13. The van der Waals surface area contributed by atoms with Gasteiger partial charge in [0.25, 0.3) is 5.91 Å². The molecule has 116 valence electrons. The zero-order valence-corrected chi connectivity index (χ0v) is 13.1.